The molecule has 5 rings (SSSR count). The number of anilines is 1. The maximum atomic E-state index is 13.5. The number of fused-ring (bicyclic) bond motifs is 2. The molecule has 38 heavy (non-hydrogen) atoms. The van der Waals surface area contributed by atoms with Crippen LogP contribution in [0.5, 0.6) is 0 Å². The van der Waals surface area contributed by atoms with Crippen LogP contribution in [0.2, 0.25) is 5.02 Å². The Hall–Kier alpha value is -3.75. The molecule has 2 aromatic heterocycles. The third kappa shape index (κ3) is 5.28. The molecule has 2 heterocycles. The van der Waals surface area contributed by atoms with Crippen molar-refractivity contribution in [1.29, 1.82) is 0 Å². The lowest BCUT2D eigenvalue weighted by Gasteiger charge is -2.20. The monoisotopic (exact) mass is 589 g/mol. The van der Waals surface area contributed by atoms with E-state index in [0.29, 0.717) is 27.4 Å². The molecular weight excluding hydrogens is 566 g/mol. The van der Waals surface area contributed by atoms with Crippen LogP contribution in [0.3, 0.4) is 0 Å². The summed E-state index contributed by atoms with van der Waals surface area (Å²) >= 11 is 9.39. The summed E-state index contributed by atoms with van der Waals surface area (Å²) in [5.74, 6) is 0.381. The highest BCUT2D eigenvalue weighted by Crippen LogP contribution is 2.24. The van der Waals surface area contributed by atoms with Gasteiger partial charge >= 0.3 is 0 Å². The van der Waals surface area contributed by atoms with E-state index in [0.717, 1.165) is 20.9 Å². The van der Waals surface area contributed by atoms with Gasteiger partial charge in [-0.1, -0.05) is 66.5 Å². The van der Waals surface area contributed by atoms with Crippen molar-refractivity contribution in [3.63, 3.8) is 0 Å². The molecule has 7 nitrogen and oxygen atoms in total. The zero-order chi connectivity index (χ0) is 27.0. The first-order valence-corrected chi connectivity index (χ1v) is 13.2. The smallest absolute Gasteiger partial charge is 0.282 e. The van der Waals surface area contributed by atoms with Gasteiger partial charge in [0.25, 0.3) is 5.56 Å². The van der Waals surface area contributed by atoms with Gasteiger partial charge in [-0.3, -0.25) is 9.59 Å². The summed E-state index contributed by atoms with van der Waals surface area (Å²) < 4.78 is 4.03. The van der Waals surface area contributed by atoms with Crippen molar-refractivity contribution in [1.82, 2.24) is 14.2 Å². The highest BCUT2D eigenvalue weighted by molar-refractivity contribution is 9.10. The number of nitrogens with zero attached hydrogens (tertiary/aromatic N) is 4. The van der Waals surface area contributed by atoms with Crippen molar-refractivity contribution in [3.05, 3.63) is 104 Å². The third-order valence-electron chi connectivity index (χ3n) is 6.05. The van der Waals surface area contributed by atoms with Crippen molar-refractivity contribution < 1.29 is 4.79 Å². The number of rotatable bonds is 5. The largest absolute Gasteiger partial charge is 0.337 e. The number of amides is 1. The Morgan fingerprint density at radius 2 is 1.82 bits per heavy atom. The normalized spacial score (nSPS) is 12.0. The van der Waals surface area contributed by atoms with Gasteiger partial charge < -0.3 is 9.88 Å². The molecule has 0 fully saturated rings. The first-order valence-electron chi connectivity index (χ1n) is 12.0. The number of hydrogen-bond donors (Lipinski definition) is 1. The Bertz CT molecular complexity index is 1760. The van der Waals surface area contributed by atoms with Gasteiger partial charge in [-0.2, -0.15) is 9.78 Å². The van der Waals surface area contributed by atoms with Crippen molar-refractivity contribution in [2.24, 2.45) is 5.10 Å². The highest BCUT2D eigenvalue weighted by Gasteiger charge is 2.23. The minimum Gasteiger partial charge on any atom is -0.337 e. The van der Waals surface area contributed by atoms with Gasteiger partial charge in [0.15, 0.2) is 0 Å². The number of carbonyl (C=O) groups excluding carboxylic acids is 1. The Labute approximate surface area is 232 Å². The van der Waals surface area contributed by atoms with Crippen molar-refractivity contribution in [2.75, 3.05) is 5.32 Å². The van der Waals surface area contributed by atoms with Gasteiger partial charge in [0.05, 0.1) is 17.1 Å². The number of hydrogen-bond acceptors (Lipinski definition) is 4. The summed E-state index contributed by atoms with van der Waals surface area (Å²) in [7, 11) is 0. The minimum absolute atomic E-state index is 0.107. The Kier molecular flexibility index (Phi) is 6.94. The molecule has 0 atom stereocenters. The van der Waals surface area contributed by atoms with E-state index in [1.807, 2.05) is 67.9 Å². The van der Waals surface area contributed by atoms with Gasteiger partial charge in [-0.25, -0.2) is 4.98 Å². The number of halogens is 2. The molecule has 1 amide bonds. The molecule has 0 spiro atoms. The lowest BCUT2D eigenvalue weighted by atomic mass is 9.95. The van der Waals surface area contributed by atoms with Crippen molar-refractivity contribution >= 4 is 67.1 Å². The molecule has 0 unspecified atom stereocenters. The Balaban J connectivity index is 1.53. The van der Waals surface area contributed by atoms with Crippen LogP contribution < -0.4 is 10.9 Å². The summed E-state index contributed by atoms with van der Waals surface area (Å²) in [5.41, 5.74) is 2.28. The van der Waals surface area contributed by atoms with Crippen LogP contribution in [-0.4, -0.2) is 26.3 Å². The van der Waals surface area contributed by atoms with Crippen LogP contribution in [0.15, 0.2) is 87.3 Å². The van der Waals surface area contributed by atoms with Crippen LogP contribution in [0.25, 0.3) is 21.8 Å². The van der Waals surface area contributed by atoms with Crippen LogP contribution in [0.4, 0.5) is 5.69 Å². The molecule has 1 N–H and O–H groups in total. The first kappa shape index (κ1) is 25.9. The second kappa shape index (κ2) is 10.2. The summed E-state index contributed by atoms with van der Waals surface area (Å²) in [6.45, 7) is 6.10. The molecule has 0 aliphatic heterocycles. The van der Waals surface area contributed by atoms with E-state index >= 15 is 0 Å². The average molecular weight is 591 g/mol. The lowest BCUT2D eigenvalue weighted by Crippen LogP contribution is -2.29. The Morgan fingerprint density at radius 1 is 1.08 bits per heavy atom. The van der Waals surface area contributed by atoms with E-state index in [4.69, 9.17) is 16.6 Å². The summed E-state index contributed by atoms with van der Waals surface area (Å²) in [6.07, 6.45) is 3.51. The zero-order valence-electron chi connectivity index (χ0n) is 21.1. The molecule has 0 saturated heterocycles. The van der Waals surface area contributed by atoms with E-state index < -0.39 is 5.41 Å². The Morgan fingerprint density at radius 3 is 2.55 bits per heavy atom. The molecule has 9 heteroatoms. The maximum absolute atomic E-state index is 13.5. The maximum Gasteiger partial charge on any atom is 0.282 e. The van der Waals surface area contributed by atoms with Gasteiger partial charge in [0, 0.05) is 43.3 Å². The van der Waals surface area contributed by atoms with Gasteiger partial charge in [-0.05, 0) is 48.5 Å². The van der Waals surface area contributed by atoms with Gasteiger partial charge in [0.1, 0.15) is 12.4 Å². The van der Waals surface area contributed by atoms with E-state index in [1.54, 1.807) is 36.5 Å². The second-order valence-corrected chi connectivity index (χ2v) is 11.3. The van der Waals surface area contributed by atoms with Gasteiger partial charge in [0.2, 0.25) is 5.91 Å². The number of nitrogens with one attached hydrogen (secondary N) is 1. The fourth-order valence-corrected chi connectivity index (χ4v) is 4.75. The number of benzene rings is 3. The van der Waals surface area contributed by atoms with Crippen LogP contribution in [0, 0.1) is 0 Å². The summed E-state index contributed by atoms with van der Waals surface area (Å²) in [5, 5.41) is 9.50. The highest BCUT2D eigenvalue weighted by atomic mass is 79.9. The molecule has 0 bridgehead atoms. The first-order chi connectivity index (χ1) is 18.1. The second-order valence-electron chi connectivity index (χ2n) is 9.99. The van der Waals surface area contributed by atoms with Gasteiger partial charge in [-0.15, -0.1) is 0 Å². The van der Waals surface area contributed by atoms with E-state index in [-0.39, 0.29) is 18.0 Å². The molecular formula is C29H25BrClN5O2. The molecule has 3 aromatic carbocycles. The molecule has 0 saturated carbocycles. The van der Waals surface area contributed by atoms with Crippen LogP contribution in [-0.2, 0) is 16.8 Å². The predicted molar refractivity (Wildman–Crippen MR) is 157 cm³/mol. The molecule has 0 aliphatic rings. The van der Waals surface area contributed by atoms with Crippen molar-refractivity contribution in [3.8, 4) is 0 Å². The van der Waals surface area contributed by atoms with Crippen LogP contribution >= 0.6 is 27.5 Å². The van der Waals surface area contributed by atoms with E-state index in [9.17, 15) is 9.59 Å². The van der Waals surface area contributed by atoms with Crippen LogP contribution in [0.1, 0.15) is 32.2 Å². The minimum atomic E-state index is -0.425. The number of carbonyl (C=O) groups is 1. The quantitative estimate of drug-likeness (QED) is 0.235. The average Bonchev–Trinajstić information content (AvgIpc) is 3.21. The van der Waals surface area contributed by atoms with E-state index in [2.05, 4.69) is 26.3 Å². The molecule has 5 aromatic rings. The number of para-hydroxylation sites is 1. The third-order valence-corrected chi connectivity index (χ3v) is 6.80. The SMILES string of the molecule is CC(C)(C)c1nc2ccc(Br)cc2c(=O)n1N=Cc1cn(CC(=O)Nc2ccc(Cl)cc2)c2ccccc12. The summed E-state index contributed by atoms with van der Waals surface area (Å²) in [6, 6.07) is 20.2. The van der Waals surface area contributed by atoms with E-state index in [1.165, 1.54) is 4.68 Å². The fourth-order valence-electron chi connectivity index (χ4n) is 4.26. The fraction of sp³-hybridized carbons (Fsp3) is 0.172. The summed E-state index contributed by atoms with van der Waals surface area (Å²) in [4.78, 5) is 31.1. The lowest BCUT2D eigenvalue weighted by molar-refractivity contribution is -0.116. The molecule has 0 radical (unpaired) electrons. The van der Waals surface area contributed by atoms with Crippen molar-refractivity contribution in [2.45, 2.75) is 32.7 Å². The predicted octanol–water partition coefficient (Wildman–Crippen LogP) is 6.59. The topological polar surface area (TPSA) is 81.3 Å². The zero-order valence-corrected chi connectivity index (χ0v) is 23.4. The molecule has 192 valence electrons. The molecule has 0 aliphatic carbocycles. The number of aromatic nitrogens is 3. The standard InChI is InChI=1S/C29H25BrClN5O2/c1-29(2,3)28-34-24-13-8-19(30)14-23(24)27(38)36(28)32-15-18-16-35(25-7-5-4-6-22(18)25)17-26(37)33-21-11-9-20(31)10-12-21/h4-16H,17H2,1-3H3,(H,33,37).